The number of rotatable bonds is 6. The molecule has 0 saturated carbocycles. The number of carbonyl (C=O) groups excluding carboxylic acids is 1. The molecule has 4 nitrogen and oxygen atoms in total. The minimum absolute atomic E-state index is 0.0292. The molecule has 0 unspecified atom stereocenters. The molecule has 1 aliphatic rings. The van der Waals surface area contributed by atoms with Crippen molar-refractivity contribution >= 4 is 5.91 Å². The zero-order valence-electron chi connectivity index (χ0n) is 17.8. The quantitative estimate of drug-likeness (QED) is 0.578. The van der Waals surface area contributed by atoms with Gasteiger partial charge in [0.1, 0.15) is 0 Å². The van der Waals surface area contributed by atoms with Crippen LogP contribution in [0.25, 0.3) is 0 Å². The summed E-state index contributed by atoms with van der Waals surface area (Å²) < 4.78 is 84.3. The molecule has 2 aromatic carbocycles. The van der Waals surface area contributed by atoms with Crippen molar-refractivity contribution in [3.05, 3.63) is 70.8 Å². The van der Waals surface area contributed by atoms with Crippen molar-refractivity contribution in [1.82, 2.24) is 10.6 Å². The van der Waals surface area contributed by atoms with E-state index < -0.39 is 35.6 Å². The van der Waals surface area contributed by atoms with E-state index in [0.717, 1.165) is 5.56 Å². The summed E-state index contributed by atoms with van der Waals surface area (Å²) in [5.74, 6) is -0.157. The largest absolute Gasteiger partial charge is 0.416 e. The number of amides is 1. The first kappa shape index (κ1) is 25.0. The zero-order valence-corrected chi connectivity index (χ0v) is 17.8. The molecular formula is C23H24F6N2O2. The Balaban J connectivity index is 1.78. The molecule has 3 rings (SSSR count). The minimum atomic E-state index is -4.91. The first-order valence-electron chi connectivity index (χ1n) is 10.3. The van der Waals surface area contributed by atoms with E-state index in [4.69, 9.17) is 4.74 Å². The molecule has 33 heavy (non-hydrogen) atoms. The SMILES string of the molecule is CC(=O)N[C@H]1CC[C@@](COCc2cc(C(F)(F)F)cc(C(F)(F)F)c2)(c2ccccc2)NC1. The molecular weight excluding hydrogens is 450 g/mol. The van der Waals surface area contributed by atoms with Crippen LogP contribution in [0.4, 0.5) is 26.3 Å². The molecule has 0 aromatic heterocycles. The topological polar surface area (TPSA) is 50.4 Å². The lowest BCUT2D eigenvalue weighted by Crippen LogP contribution is -2.56. The van der Waals surface area contributed by atoms with Gasteiger partial charge in [-0.25, -0.2) is 0 Å². The van der Waals surface area contributed by atoms with E-state index in [2.05, 4.69) is 10.6 Å². The summed E-state index contributed by atoms with van der Waals surface area (Å²) in [5, 5.41) is 6.20. The molecule has 0 spiro atoms. The van der Waals surface area contributed by atoms with E-state index in [1.165, 1.54) is 6.92 Å². The van der Waals surface area contributed by atoms with Gasteiger partial charge in [0.05, 0.1) is 29.9 Å². The van der Waals surface area contributed by atoms with E-state index in [1.54, 1.807) is 0 Å². The molecule has 1 fully saturated rings. The number of piperidine rings is 1. The lowest BCUT2D eigenvalue weighted by Gasteiger charge is -2.41. The molecule has 180 valence electrons. The Morgan fingerprint density at radius 1 is 1.06 bits per heavy atom. The number of benzene rings is 2. The van der Waals surface area contributed by atoms with E-state index in [0.29, 0.717) is 31.5 Å². The summed E-state index contributed by atoms with van der Waals surface area (Å²) in [7, 11) is 0. The lowest BCUT2D eigenvalue weighted by atomic mass is 9.81. The highest BCUT2D eigenvalue weighted by Crippen LogP contribution is 2.37. The van der Waals surface area contributed by atoms with Gasteiger partial charge in [-0.05, 0) is 42.2 Å². The Labute approximate surface area is 187 Å². The molecule has 1 amide bonds. The van der Waals surface area contributed by atoms with Crippen LogP contribution in [0.15, 0.2) is 48.5 Å². The zero-order chi connectivity index (χ0) is 24.3. The second kappa shape index (κ2) is 9.72. The average Bonchev–Trinajstić information content (AvgIpc) is 2.74. The highest BCUT2D eigenvalue weighted by Gasteiger charge is 2.38. The first-order valence-corrected chi connectivity index (χ1v) is 10.3. The van der Waals surface area contributed by atoms with Crippen LogP contribution in [-0.4, -0.2) is 25.1 Å². The van der Waals surface area contributed by atoms with Crippen molar-refractivity contribution in [3.8, 4) is 0 Å². The van der Waals surface area contributed by atoms with Gasteiger partial charge in [0.25, 0.3) is 0 Å². The maximum absolute atomic E-state index is 13.1. The molecule has 10 heteroatoms. The van der Waals surface area contributed by atoms with Crippen LogP contribution < -0.4 is 10.6 Å². The van der Waals surface area contributed by atoms with Crippen LogP contribution >= 0.6 is 0 Å². The molecule has 2 aromatic rings. The van der Waals surface area contributed by atoms with Crippen molar-refractivity contribution in [2.24, 2.45) is 0 Å². The van der Waals surface area contributed by atoms with E-state index in [1.807, 2.05) is 30.3 Å². The van der Waals surface area contributed by atoms with Crippen molar-refractivity contribution in [2.45, 2.75) is 50.3 Å². The highest BCUT2D eigenvalue weighted by atomic mass is 19.4. The normalized spacial score (nSPS) is 21.6. The Hall–Kier alpha value is -2.59. The summed E-state index contributed by atoms with van der Waals surface area (Å²) in [6.07, 6.45) is -8.64. The molecule has 0 bridgehead atoms. The number of alkyl halides is 6. The number of halogens is 6. The number of hydrogen-bond donors (Lipinski definition) is 2. The fourth-order valence-corrected chi connectivity index (χ4v) is 4.00. The van der Waals surface area contributed by atoms with Gasteiger partial charge >= 0.3 is 12.4 Å². The van der Waals surface area contributed by atoms with Gasteiger partial charge in [-0.2, -0.15) is 26.3 Å². The fourth-order valence-electron chi connectivity index (χ4n) is 4.00. The summed E-state index contributed by atoms with van der Waals surface area (Å²) in [6.45, 7) is 1.48. The third kappa shape index (κ3) is 6.48. The Kier molecular flexibility index (Phi) is 7.38. The maximum atomic E-state index is 13.1. The van der Waals surface area contributed by atoms with E-state index in [9.17, 15) is 31.1 Å². The van der Waals surface area contributed by atoms with E-state index in [-0.39, 0.29) is 30.2 Å². The van der Waals surface area contributed by atoms with Gasteiger partial charge in [-0.1, -0.05) is 30.3 Å². The van der Waals surface area contributed by atoms with E-state index >= 15 is 0 Å². The number of hydrogen-bond acceptors (Lipinski definition) is 3. The fraction of sp³-hybridized carbons (Fsp3) is 0.435. The van der Waals surface area contributed by atoms with Crippen molar-refractivity contribution < 1.29 is 35.9 Å². The molecule has 2 N–H and O–H groups in total. The summed E-state index contributed by atoms with van der Waals surface area (Å²) in [4.78, 5) is 11.3. The second-order valence-electron chi connectivity index (χ2n) is 8.17. The average molecular weight is 474 g/mol. The maximum Gasteiger partial charge on any atom is 0.416 e. The van der Waals surface area contributed by atoms with Crippen LogP contribution in [0.2, 0.25) is 0 Å². The summed E-state index contributed by atoms with van der Waals surface area (Å²) in [6, 6.07) is 10.6. The van der Waals surface area contributed by atoms with Gasteiger partial charge in [0.15, 0.2) is 0 Å². The highest BCUT2D eigenvalue weighted by molar-refractivity contribution is 5.73. The minimum Gasteiger partial charge on any atom is -0.374 e. The Morgan fingerprint density at radius 3 is 2.15 bits per heavy atom. The number of carbonyl (C=O) groups is 1. The van der Waals surface area contributed by atoms with Crippen molar-refractivity contribution in [2.75, 3.05) is 13.2 Å². The third-order valence-electron chi connectivity index (χ3n) is 5.60. The summed E-state index contributed by atoms with van der Waals surface area (Å²) >= 11 is 0. The van der Waals surface area contributed by atoms with Gasteiger partial charge in [-0.15, -0.1) is 0 Å². The number of ether oxygens (including phenoxy) is 1. The van der Waals surface area contributed by atoms with Gasteiger partial charge in [0.2, 0.25) is 5.91 Å². The van der Waals surface area contributed by atoms with Crippen molar-refractivity contribution in [3.63, 3.8) is 0 Å². The summed E-state index contributed by atoms with van der Waals surface area (Å²) in [5.41, 5.74) is -2.77. The predicted octanol–water partition coefficient (Wildman–Crippen LogP) is 5.02. The second-order valence-corrected chi connectivity index (χ2v) is 8.17. The molecule has 1 aliphatic heterocycles. The van der Waals surface area contributed by atoms with Crippen LogP contribution in [0.5, 0.6) is 0 Å². The molecule has 2 atom stereocenters. The molecule has 1 saturated heterocycles. The molecule has 1 heterocycles. The van der Waals surface area contributed by atoms with Crippen molar-refractivity contribution in [1.29, 1.82) is 0 Å². The predicted molar refractivity (Wildman–Crippen MR) is 109 cm³/mol. The van der Waals surface area contributed by atoms with Crippen LogP contribution in [0, 0.1) is 0 Å². The molecule has 0 radical (unpaired) electrons. The lowest BCUT2D eigenvalue weighted by molar-refractivity contribution is -0.143. The van der Waals surface area contributed by atoms with Crippen LogP contribution in [0.1, 0.15) is 42.0 Å². The Bertz CT molecular complexity index is 919. The van der Waals surface area contributed by atoms with Gasteiger partial charge < -0.3 is 15.4 Å². The van der Waals surface area contributed by atoms with Crippen LogP contribution in [0.3, 0.4) is 0 Å². The smallest absolute Gasteiger partial charge is 0.374 e. The molecule has 0 aliphatic carbocycles. The Morgan fingerprint density at radius 2 is 1.67 bits per heavy atom. The number of nitrogens with one attached hydrogen (secondary N) is 2. The van der Waals surface area contributed by atoms with Gasteiger partial charge in [0, 0.05) is 19.5 Å². The van der Waals surface area contributed by atoms with Gasteiger partial charge in [-0.3, -0.25) is 4.79 Å². The first-order chi connectivity index (χ1) is 15.4. The third-order valence-corrected chi connectivity index (χ3v) is 5.60. The van der Waals surface area contributed by atoms with Crippen LogP contribution in [-0.2, 0) is 34.0 Å². The standard InChI is InChI=1S/C23H24F6N2O2/c1-15(32)31-20-7-8-21(30-12-20,17-5-3-2-4-6-17)14-33-13-16-9-18(22(24,25)26)11-19(10-16)23(27,28)29/h2-6,9-11,20,30H,7-8,12-14H2,1H3,(H,31,32)/t20-,21+/m0/s1. The monoisotopic (exact) mass is 474 g/mol.